The van der Waals surface area contributed by atoms with Gasteiger partial charge in [0.2, 0.25) is 0 Å². The Bertz CT molecular complexity index is 2040. The van der Waals surface area contributed by atoms with Gasteiger partial charge in [-0.05, 0) is 122 Å². The molecular formula is C78H130NO8P. The molecule has 0 heterocycles. The summed E-state index contributed by atoms with van der Waals surface area (Å²) < 4.78 is 34.2. The molecule has 0 radical (unpaired) electrons. The van der Waals surface area contributed by atoms with Gasteiger partial charge in [-0.3, -0.25) is 14.2 Å². The summed E-state index contributed by atoms with van der Waals surface area (Å²) in [5.74, 6) is -0.874. The van der Waals surface area contributed by atoms with Crippen LogP contribution in [0.2, 0.25) is 0 Å². The summed E-state index contributed by atoms with van der Waals surface area (Å²) in [6.07, 6.45) is 100. The third-order valence-electron chi connectivity index (χ3n) is 14.5. The number of nitrogens with zero attached hydrogens (tertiary/aromatic N) is 1. The van der Waals surface area contributed by atoms with Gasteiger partial charge >= 0.3 is 11.9 Å². The Morgan fingerprint density at radius 3 is 0.920 bits per heavy atom. The van der Waals surface area contributed by atoms with Crippen molar-refractivity contribution in [3.05, 3.63) is 158 Å². The highest BCUT2D eigenvalue weighted by Gasteiger charge is 2.22. The van der Waals surface area contributed by atoms with Crippen LogP contribution in [-0.4, -0.2) is 70.0 Å². The van der Waals surface area contributed by atoms with Gasteiger partial charge in [0.05, 0.1) is 27.7 Å². The van der Waals surface area contributed by atoms with Crippen LogP contribution in [0.1, 0.15) is 271 Å². The standard InChI is InChI=1S/C78H130NO8P/c1-6-8-10-12-14-16-18-20-22-24-26-28-30-32-33-34-35-36-37-38-39-40-41-42-43-44-45-47-48-50-52-54-56-58-60-62-64-66-68-70-77(80)84-74-76(75-86-88(82,83)85-73-72-79(3,4)5)87-78(81)71-69-67-65-63-61-59-57-55-53-51-49-46-31-29-27-25-23-21-19-17-15-13-11-9-7-2/h8-11,14-17,20-23,26-29,32-33,35-36,46,49,53,55,59,61,76H,6-7,12-13,18-19,24-25,30-31,34,37-45,47-48,50-52,54,56-58,60,62-75H2,1-5H3/b10-8-,11-9-,16-14-,17-15-,22-20-,23-21-,28-26-,29-27-,33-32-,36-35-,49-46-,55-53-,61-59-. The number of phosphoric ester groups is 1. The van der Waals surface area contributed by atoms with E-state index in [1.54, 1.807) is 0 Å². The van der Waals surface area contributed by atoms with E-state index in [0.29, 0.717) is 17.4 Å². The molecule has 0 saturated carbocycles. The van der Waals surface area contributed by atoms with Gasteiger partial charge in [0.1, 0.15) is 19.8 Å². The number of phosphoric acid groups is 1. The Kier molecular flexibility index (Phi) is 63.7. The average Bonchev–Trinajstić information content (AvgIpc) is 3.57. The zero-order chi connectivity index (χ0) is 64.1. The van der Waals surface area contributed by atoms with Gasteiger partial charge in [0.25, 0.3) is 7.82 Å². The maximum atomic E-state index is 12.8. The third kappa shape index (κ3) is 70.7. The number of hydrogen-bond acceptors (Lipinski definition) is 8. The molecule has 0 aromatic heterocycles. The highest BCUT2D eigenvalue weighted by molar-refractivity contribution is 7.45. The van der Waals surface area contributed by atoms with E-state index in [9.17, 15) is 19.0 Å². The Balaban J connectivity index is 4.06. The second kappa shape index (κ2) is 67.0. The fourth-order valence-corrected chi connectivity index (χ4v) is 9.96. The first-order chi connectivity index (χ1) is 43.0. The van der Waals surface area contributed by atoms with Crippen LogP contribution in [0.4, 0.5) is 0 Å². The zero-order valence-corrected chi connectivity index (χ0v) is 57.8. The molecule has 0 saturated heterocycles. The SMILES string of the molecule is CC/C=C\C/C=C\C/C=C\C/C=C\C/C=C\C/C=C\C/C=C\CCCCCC(=O)OC(COC(=O)CCCCCCCCCCCCCCCCCCCCCC/C=C\C/C=C\C/C=C\C/C=C\C/C=C\C/C=C\CC)COP(=O)([O-])OCC[N+](C)(C)C. The molecule has 0 aliphatic heterocycles. The van der Waals surface area contributed by atoms with E-state index in [1.807, 2.05) is 21.1 Å². The number of allylic oxidation sites excluding steroid dienone is 26. The third-order valence-corrected chi connectivity index (χ3v) is 15.5. The van der Waals surface area contributed by atoms with Gasteiger partial charge in [-0.2, -0.15) is 0 Å². The second-order valence-corrected chi connectivity index (χ2v) is 25.5. The first-order valence-corrected chi connectivity index (χ1v) is 36.7. The van der Waals surface area contributed by atoms with Gasteiger partial charge in [0, 0.05) is 12.8 Å². The van der Waals surface area contributed by atoms with Crippen LogP contribution < -0.4 is 4.89 Å². The predicted molar refractivity (Wildman–Crippen MR) is 378 cm³/mol. The first-order valence-electron chi connectivity index (χ1n) is 35.2. The summed E-state index contributed by atoms with van der Waals surface area (Å²) in [6, 6.07) is 0. The van der Waals surface area contributed by atoms with E-state index in [0.717, 1.165) is 122 Å². The molecule has 0 rings (SSSR count). The quantitative estimate of drug-likeness (QED) is 0.0195. The molecule has 9 nitrogen and oxygen atoms in total. The van der Waals surface area contributed by atoms with Crippen molar-refractivity contribution in [3.63, 3.8) is 0 Å². The van der Waals surface area contributed by atoms with Crippen molar-refractivity contribution < 1.29 is 42.1 Å². The number of rotatable bonds is 63. The summed E-state index contributed by atoms with van der Waals surface area (Å²) in [6.45, 7) is 3.97. The maximum absolute atomic E-state index is 12.8. The number of carbonyl (C=O) groups excluding carboxylic acids is 2. The number of unbranched alkanes of at least 4 members (excludes halogenated alkanes) is 23. The van der Waals surface area contributed by atoms with E-state index in [1.165, 1.54) is 116 Å². The maximum Gasteiger partial charge on any atom is 0.306 e. The molecule has 0 fully saturated rings. The molecule has 0 aromatic rings. The number of carbonyl (C=O) groups is 2. The van der Waals surface area contributed by atoms with Gasteiger partial charge in [0.15, 0.2) is 6.10 Å². The molecule has 2 unspecified atom stereocenters. The number of quaternary nitrogens is 1. The molecule has 0 spiro atoms. The van der Waals surface area contributed by atoms with Crippen LogP contribution in [0, 0.1) is 0 Å². The lowest BCUT2D eigenvalue weighted by atomic mass is 10.0. The smallest absolute Gasteiger partial charge is 0.306 e. The Labute approximate surface area is 541 Å². The molecule has 2 atom stereocenters. The topological polar surface area (TPSA) is 111 Å². The number of esters is 2. The molecule has 0 aromatic carbocycles. The predicted octanol–water partition coefficient (Wildman–Crippen LogP) is 22.5. The molecule has 0 amide bonds. The van der Waals surface area contributed by atoms with Crippen LogP contribution >= 0.6 is 7.82 Å². The van der Waals surface area contributed by atoms with Crippen molar-refractivity contribution in [1.82, 2.24) is 0 Å². The van der Waals surface area contributed by atoms with Crippen LogP contribution in [0.3, 0.4) is 0 Å². The van der Waals surface area contributed by atoms with E-state index in [2.05, 4.69) is 172 Å². The van der Waals surface area contributed by atoms with Gasteiger partial charge in [-0.25, -0.2) is 0 Å². The largest absolute Gasteiger partial charge is 0.756 e. The van der Waals surface area contributed by atoms with Crippen molar-refractivity contribution in [3.8, 4) is 0 Å². The fraction of sp³-hybridized carbons (Fsp3) is 0.641. The molecule has 88 heavy (non-hydrogen) atoms. The molecular weight excluding hydrogens is 1110 g/mol. The highest BCUT2D eigenvalue weighted by atomic mass is 31.2. The molecule has 500 valence electrons. The van der Waals surface area contributed by atoms with Crippen LogP contribution in [0.5, 0.6) is 0 Å². The van der Waals surface area contributed by atoms with Gasteiger partial charge in [-0.15, -0.1) is 0 Å². The van der Waals surface area contributed by atoms with Crippen molar-refractivity contribution in [1.29, 1.82) is 0 Å². The summed E-state index contributed by atoms with van der Waals surface area (Å²) in [5.41, 5.74) is 0. The van der Waals surface area contributed by atoms with Gasteiger partial charge in [-0.1, -0.05) is 294 Å². The summed E-state index contributed by atoms with van der Waals surface area (Å²) in [4.78, 5) is 38.0. The molecule has 0 N–H and O–H groups in total. The van der Waals surface area contributed by atoms with Crippen molar-refractivity contribution in [2.75, 3.05) is 47.5 Å². The van der Waals surface area contributed by atoms with E-state index in [4.69, 9.17) is 18.5 Å². The Morgan fingerprint density at radius 1 is 0.352 bits per heavy atom. The second-order valence-electron chi connectivity index (χ2n) is 24.1. The normalized spacial score (nSPS) is 14.1. The minimum atomic E-state index is -4.66. The van der Waals surface area contributed by atoms with Crippen LogP contribution in [-0.2, 0) is 32.7 Å². The lowest BCUT2D eigenvalue weighted by Gasteiger charge is -2.28. The Morgan fingerprint density at radius 2 is 0.614 bits per heavy atom. The Hall–Kier alpha value is -4.37. The molecule has 0 aliphatic rings. The summed E-state index contributed by atoms with van der Waals surface area (Å²) >= 11 is 0. The van der Waals surface area contributed by atoms with E-state index in [-0.39, 0.29) is 26.1 Å². The number of ether oxygens (including phenoxy) is 2. The summed E-state index contributed by atoms with van der Waals surface area (Å²) in [5, 5.41) is 0. The monoisotopic (exact) mass is 1240 g/mol. The van der Waals surface area contributed by atoms with Gasteiger partial charge < -0.3 is 27.9 Å². The molecule has 0 aliphatic carbocycles. The fourth-order valence-electron chi connectivity index (χ4n) is 9.23. The molecule has 0 bridgehead atoms. The lowest BCUT2D eigenvalue weighted by Crippen LogP contribution is -2.37. The number of likely N-dealkylation sites (N-methyl/N-ethyl adjacent to an activating group) is 1. The summed E-state index contributed by atoms with van der Waals surface area (Å²) in [7, 11) is 1.13. The minimum absolute atomic E-state index is 0.0444. The van der Waals surface area contributed by atoms with Crippen molar-refractivity contribution in [2.24, 2.45) is 0 Å². The van der Waals surface area contributed by atoms with E-state index < -0.39 is 32.5 Å². The highest BCUT2D eigenvalue weighted by Crippen LogP contribution is 2.38. The van der Waals surface area contributed by atoms with Crippen molar-refractivity contribution in [2.45, 2.75) is 277 Å². The van der Waals surface area contributed by atoms with Crippen LogP contribution in [0.25, 0.3) is 0 Å². The van der Waals surface area contributed by atoms with E-state index >= 15 is 0 Å². The zero-order valence-electron chi connectivity index (χ0n) is 56.9. The minimum Gasteiger partial charge on any atom is -0.756 e. The number of hydrogen-bond donors (Lipinski definition) is 0. The van der Waals surface area contributed by atoms with Crippen LogP contribution in [0.15, 0.2) is 158 Å². The molecule has 10 heteroatoms. The first kappa shape index (κ1) is 83.6. The van der Waals surface area contributed by atoms with Crippen molar-refractivity contribution >= 4 is 19.8 Å². The average molecular weight is 1240 g/mol. The lowest BCUT2D eigenvalue weighted by molar-refractivity contribution is -0.870.